The first-order chi connectivity index (χ1) is 6.54. The molecule has 0 aliphatic rings. The maximum atomic E-state index is 11.8. The zero-order chi connectivity index (χ0) is 11.0. The molecule has 86 valence electrons. The number of hydrogen-bond donors (Lipinski definition) is 1. The van der Waals surface area contributed by atoms with Crippen LogP contribution >= 0.6 is 7.75 Å². The lowest BCUT2D eigenvalue weighted by Crippen LogP contribution is -2.26. The second kappa shape index (κ2) is 7.37. The van der Waals surface area contributed by atoms with E-state index >= 15 is 0 Å². The molecule has 0 aliphatic heterocycles. The quantitative estimate of drug-likeness (QED) is 0.630. The maximum absolute atomic E-state index is 11.8. The highest BCUT2D eigenvalue weighted by atomic mass is 31.2. The van der Waals surface area contributed by atoms with E-state index in [1.54, 1.807) is 13.8 Å². The summed E-state index contributed by atoms with van der Waals surface area (Å²) >= 11 is 0. The predicted octanol–water partition coefficient (Wildman–Crippen LogP) is 1.32. The van der Waals surface area contributed by atoms with Gasteiger partial charge in [-0.1, -0.05) is 0 Å². The largest absolute Gasteiger partial charge is 0.405 e. The summed E-state index contributed by atoms with van der Waals surface area (Å²) in [5.74, 6) is 0. The third-order valence-corrected chi connectivity index (χ3v) is 3.27. The van der Waals surface area contributed by atoms with Crippen LogP contribution in [0.2, 0.25) is 0 Å². The van der Waals surface area contributed by atoms with Crippen LogP contribution in [0.3, 0.4) is 0 Å². The summed E-state index contributed by atoms with van der Waals surface area (Å²) in [6.45, 7) is 5.73. The van der Waals surface area contributed by atoms with Crippen LogP contribution in [0.25, 0.3) is 0 Å². The molecule has 1 N–H and O–H groups in total. The summed E-state index contributed by atoms with van der Waals surface area (Å²) in [5, 5.41) is 2.80. The number of likely N-dealkylation sites (N-methyl/N-ethyl adjacent to an activating group) is 1. The van der Waals surface area contributed by atoms with Gasteiger partial charge in [0.2, 0.25) is 0 Å². The van der Waals surface area contributed by atoms with Gasteiger partial charge in [-0.05, 0) is 27.9 Å². The van der Waals surface area contributed by atoms with E-state index in [-0.39, 0.29) is 0 Å². The first-order valence-corrected chi connectivity index (χ1v) is 6.37. The van der Waals surface area contributed by atoms with Crippen LogP contribution in [0.4, 0.5) is 0 Å². The van der Waals surface area contributed by atoms with Crippen molar-refractivity contribution in [3.8, 4) is 0 Å². The van der Waals surface area contributed by atoms with Crippen molar-refractivity contribution in [3.05, 3.63) is 0 Å². The van der Waals surface area contributed by atoms with Crippen LogP contribution in [0, 0.1) is 0 Å². The van der Waals surface area contributed by atoms with Gasteiger partial charge in [-0.3, -0.25) is 9.05 Å². The molecule has 0 fully saturated rings. The Labute approximate surface area is 86.3 Å². The van der Waals surface area contributed by atoms with E-state index in [2.05, 4.69) is 5.09 Å². The molecule has 0 saturated carbocycles. The number of hydrogen-bond acceptors (Lipinski definition) is 4. The van der Waals surface area contributed by atoms with Gasteiger partial charge >= 0.3 is 7.75 Å². The fourth-order valence-electron chi connectivity index (χ4n) is 0.879. The van der Waals surface area contributed by atoms with Crippen molar-refractivity contribution < 1.29 is 13.6 Å². The third kappa shape index (κ3) is 6.51. The molecule has 0 aromatic rings. The average molecular weight is 224 g/mol. The number of nitrogens with one attached hydrogen (secondary N) is 1. The smallest absolute Gasteiger partial charge is 0.308 e. The molecule has 0 rings (SSSR count). The Morgan fingerprint density at radius 3 is 2.07 bits per heavy atom. The van der Waals surface area contributed by atoms with Gasteiger partial charge in [0.05, 0.1) is 13.2 Å². The summed E-state index contributed by atoms with van der Waals surface area (Å²) in [6, 6.07) is 0. The maximum Gasteiger partial charge on any atom is 0.405 e. The van der Waals surface area contributed by atoms with Crippen molar-refractivity contribution in [3.63, 3.8) is 0 Å². The van der Waals surface area contributed by atoms with Crippen LogP contribution in [0.1, 0.15) is 13.8 Å². The molecular formula is C8H21N2O3P. The molecule has 6 heteroatoms. The zero-order valence-electron chi connectivity index (χ0n) is 9.45. The molecule has 0 spiro atoms. The van der Waals surface area contributed by atoms with Gasteiger partial charge in [-0.2, -0.15) is 0 Å². The predicted molar refractivity (Wildman–Crippen MR) is 57.4 cm³/mol. The lowest BCUT2D eigenvalue weighted by molar-refractivity contribution is 0.209. The standard InChI is InChI=1S/C8H21N2O3P/c1-5-12-14(11,13-6-2)9-7-8-10(3)4/h5-8H2,1-4H3,(H,9,11). The molecule has 0 radical (unpaired) electrons. The van der Waals surface area contributed by atoms with Crippen molar-refractivity contribution in [2.75, 3.05) is 40.4 Å². The minimum atomic E-state index is -3.05. The average Bonchev–Trinajstić information content (AvgIpc) is 2.03. The number of nitrogens with zero attached hydrogens (tertiary/aromatic N) is 1. The minimum absolute atomic E-state index is 0.381. The first-order valence-electron chi connectivity index (χ1n) is 4.83. The zero-order valence-corrected chi connectivity index (χ0v) is 10.3. The minimum Gasteiger partial charge on any atom is -0.308 e. The number of rotatable bonds is 8. The van der Waals surface area contributed by atoms with Crippen LogP contribution < -0.4 is 5.09 Å². The molecule has 0 heterocycles. The molecule has 0 unspecified atom stereocenters. The van der Waals surface area contributed by atoms with E-state index in [1.807, 2.05) is 19.0 Å². The molecule has 0 aromatic heterocycles. The third-order valence-electron chi connectivity index (χ3n) is 1.46. The monoisotopic (exact) mass is 224 g/mol. The highest BCUT2D eigenvalue weighted by molar-refractivity contribution is 7.51. The van der Waals surface area contributed by atoms with Crippen LogP contribution in [-0.4, -0.2) is 45.3 Å². The Bertz CT molecular complexity index is 177. The van der Waals surface area contributed by atoms with Crippen molar-refractivity contribution in [2.24, 2.45) is 0 Å². The summed E-state index contributed by atoms with van der Waals surface area (Å²) < 4.78 is 21.9. The highest BCUT2D eigenvalue weighted by Crippen LogP contribution is 2.42. The molecule has 5 nitrogen and oxygen atoms in total. The lowest BCUT2D eigenvalue weighted by Gasteiger charge is -2.18. The van der Waals surface area contributed by atoms with E-state index in [1.165, 1.54) is 0 Å². The van der Waals surface area contributed by atoms with Gasteiger partial charge in [0.25, 0.3) is 0 Å². The molecule has 14 heavy (non-hydrogen) atoms. The SMILES string of the molecule is CCOP(=O)(NCCN(C)C)OCC. The van der Waals surface area contributed by atoms with Crippen LogP contribution in [-0.2, 0) is 13.6 Å². The van der Waals surface area contributed by atoms with Gasteiger partial charge in [0.15, 0.2) is 0 Å². The van der Waals surface area contributed by atoms with Gasteiger partial charge in [-0.25, -0.2) is 9.65 Å². The van der Waals surface area contributed by atoms with Crippen LogP contribution in [0.15, 0.2) is 0 Å². The molecule has 0 aromatic carbocycles. The topological polar surface area (TPSA) is 50.8 Å². The second-order valence-electron chi connectivity index (χ2n) is 3.04. The van der Waals surface area contributed by atoms with Gasteiger partial charge in [0, 0.05) is 13.1 Å². The fraction of sp³-hybridized carbons (Fsp3) is 1.00. The highest BCUT2D eigenvalue weighted by Gasteiger charge is 2.22. The Morgan fingerprint density at radius 1 is 1.21 bits per heavy atom. The Kier molecular flexibility index (Phi) is 7.41. The van der Waals surface area contributed by atoms with Gasteiger partial charge in [0.1, 0.15) is 0 Å². The molecule has 0 saturated heterocycles. The fourth-order valence-corrected chi connectivity index (χ4v) is 2.19. The second-order valence-corrected chi connectivity index (χ2v) is 4.87. The van der Waals surface area contributed by atoms with Crippen molar-refractivity contribution in [1.29, 1.82) is 0 Å². The Morgan fingerprint density at radius 2 is 1.71 bits per heavy atom. The lowest BCUT2D eigenvalue weighted by atomic mass is 10.6. The van der Waals surface area contributed by atoms with E-state index in [0.717, 1.165) is 6.54 Å². The normalized spacial score (nSPS) is 12.4. The molecule has 0 atom stereocenters. The summed E-state index contributed by atoms with van der Waals surface area (Å²) in [5.41, 5.74) is 0. The molecular weight excluding hydrogens is 203 g/mol. The Hall–Kier alpha value is 0.0700. The van der Waals surface area contributed by atoms with Crippen LogP contribution in [0.5, 0.6) is 0 Å². The van der Waals surface area contributed by atoms with Crippen molar-refractivity contribution >= 4 is 7.75 Å². The van der Waals surface area contributed by atoms with Crippen molar-refractivity contribution in [2.45, 2.75) is 13.8 Å². The van der Waals surface area contributed by atoms with Gasteiger partial charge in [-0.15, -0.1) is 0 Å². The first kappa shape index (κ1) is 14.1. The summed E-state index contributed by atoms with van der Waals surface area (Å²) in [6.07, 6.45) is 0. The molecule has 0 bridgehead atoms. The van der Waals surface area contributed by atoms with E-state index in [0.29, 0.717) is 19.8 Å². The molecule has 0 amide bonds. The summed E-state index contributed by atoms with van der Waals surface area (Å²) in [7, 11) is 0.852. The molecule has 0 aliphatic carbocycles. The Balaban J connectivity index is 3.90. The van der Waals surface area contributed by atoms with Gasteiger partial charge < -0.3 is 4.90 Å². The summed E-state index contributed by atoms with van der Waals surface area (Å²) in [4.78, 5) is 2.00. The van der Waals surface area contributed by atoms with E-state index in [4.69, 9.17) is 9.05 Å². The van der Waals surface area contributed by atoms with E-state index in [9.17, 15) is 4.57 Å². The van der Waals surface area contributed by atoms with E-state index < -0.39 is 7.75 Å². The van der Waals surface area contributed by atoms with Crippen molar-refractivity contribution in [1.82, 2.24) is 9.99 Å².